The van der Waals surface area contributed by atoms with Gasteiger partial charge in [0.05, 0.1) is 12.5 Å². The lowest BCUT2D eigenvalue weighted by Crippen LogP contribution is -2.35. The van der Waals surface area contributed by atoms with Gasteiger partial charge in [0.1, 0.15) is 26.6 Å². The molecule has 1 aromatic rings. The number of rotatable bonds is 8. The van der Waals surface area contributed by atoms with E-state index in [1.165, 1.54) is 19.2 Å². The molecule has 1 aromatic heterocycles. The van der Waals surface area contributed by atoms with Crippen molar-refractivity contribution >= 4 is 5.97 Å². The number of carboxylic acid groups (broad SMARTS) is 1. The van der Waals surface area contributed by atoms with Gasteiger partial charge in [-0.3, -0.25) is 13.2 Å². The Balaban J connectivity index is 2.94. The van der Waals surface area contributed by atoms with Crippen LogP contribution in [0.5, 0.6) is 11.6 Å². The Labute approximate surface area is 113 Å². The maximum Gasteiger partial charge on any atom is 0.358 e. The predicted molar refractivity (Wildman–Crippen MR) is 63.6 cm³/mol. The molecule has 0 unspecified atom stereocenters. The fourth-order valence-electron chi connectivity index (χ4n) is 1.27. The molecule has 1 N–H and O–H groups in total. The maximum absolute atomic E-state index is 12.7. The van der Waals surface area contributed by atoms with Crippen LogP contribution in [0.3, 0.4) is 0 Å². The number of halogens is 3. The highest BCUT2D eigenvalue weighted by Crippen LogP contribution is 2.25. The summed E-state index contributed by atoms with van der Waals surface area (Å²) in [6.45, 7) is -4.41. The van der Waals surface area contributed by atoms with Crippen LogP contribution < -0.4 is 9.47 Å². The minimum absolute atomic E-state index is 0.0440. The number of nitrogens with zero attached hydrogens (tertiary/aromatic N) is 1. The van der Waals surface area contributed by atoms with Gasteiger partial charge in [-0.1, -0.05) is 0 Å². The molecule has 0 saturated carbocycles. The van der Waals surface area contributed by atoms with Gasteiger partial charge in [-0.15, -0.1) is 0 Å². The molecule has 0 radical (unpaired) electrons. The SMILES string of the molecule is COc1ccc(OCC(CF)(CF)CF)c(C(=O)O)n1. The Hall–Kier alpha value is -1.99. The molecule has 8 heteroatoms. The van der Waals surface area contributed by atoms with Crippen molar-refractivity contribution in [2.24, 2.45) is 5.41 Å². The van der Waals surface area contributed by atoms with Crippen molar-refractivity contribution in [3.05, 3.63) is 17.8 Å². The molecular formula is C12H14F3NO4. The minimum atomic E-state index is -1.92. The van der Waals surface area contributed by atoms with Gasteiger partial charge < -0.3 is 14.6 Å². The van der Waals surface area contributed by atoms with Gasteiger partial charge >= 0.3 is 5.97 Å². The Kier molecular flexibility index (Phi) is 5.60. The van der Waals surface area contributed by atoms with E-state index in [2.05, 4.69) is 4.98 Å². The predicted octanol–water partition coefficient (Wildman–Crippen LogP) is 2.06. The minimum Gasteiger partial charge on any atom is -0.490 e. The molecule has 1 rings (SSSR count). The number of hydrogen-bond acceptors (Lipinski definition) is 4. The molecular weight excluding hydrogens is 279 g/mol. The van der Waals surface area contributed by atoms with Crippen molar-refractivity contribution < 1.29 is 32.5 Å². The molecule has 0 bridgehead atoms. The van der Waals surface area contributed by atoms with Crippen LogP contribution in [0.25, 0.3) is 0 Å². The lowest BCUT2D eigenvalue weighted by atomic mass is 9.95. The second kappa shape index (κ2) is 6.97. The first-order chi connectivity index (χ1) is 9.51. The van der Waals surface area contributed by atoms with Crippen molar-refractivity contribution in [2.45, 2.75) is 0 Å². The summed E-state index contributed by atoms with van der Waals surface area (Å²) in [7, 11) is 1.30. The summed E-state index contributed by atoms with van der Waals surface area (Å²) in [5, 5.41) is 8.97. The van der Waals surface area contributed by atoms with Crippen molar-refractivity contribution in [1.82, 2.24) is 4.98 Å². The fraction of sp³-hybridized carbons (Fsp3) is 0.500. The van der Waals surface area contributed by atoms with Crippen molar-refractivity contribution in [3.63, 3.8) is 0 Å². The third kappa shape index (κ3) is 3.52. The first kappa shape index (κ1) is 16.1. The highest BCUT2D eigenvalue weighted by molar-refractivity contribution is 5.88. The van der Waals surface area contributed by atoms with E-state index in [1.54, 1.807) is 0 Å². The molecule has 0 spiro atoms. The third-order valence-electron chi connectivity index (χ3n) is 2.63. The summed E-state index contributed by atoms with van der Waals surface area (Å²) in [5.74, 6) is -1.56. The smallest absolute Gasteiger partial charge is 0.358 e. The number of carboxylic acids is 1. The quantitative estimate of drug-likeness (QED) is 0.794. The van der Waals surface area contributed by atoms with Crippen LogP contribution in [0.1, 0.15) is 10.5 Å². The number of carbonyl (C=O) groups is 1. The molecule has 0 aliphatic heterocycles. The number of aromatic nitrogens is 1. The number of ether oxygens (including phenoxy) is 2. The van der Waals surface area contributed by atoms with Crippen LogP contribution in [0.15, 0.2) is 12.1 Å². The van der Waals surface area contributed by atoms with Crippen molar-refractivity contribution in [1.29, 1.82) is 0 Å². The van der Waals surface area contributed by atoms with Crippen LogP contribution in [0.4, 0.5) is 13.2 Å². The summed E-state index contributed by atoms with van der Waals surface area (Å²) >= 11 is 0. The summed E-state index contributed by atoms with van der Waals surface area (Å²) in [6.07, 6.45) is 0. The number of hydrogen-bond donors (Lipinski definition) is 1. The van der Waals surface area contributed by atoms with Gasteiger partial charge in [0.2, 0.25) is 5.88 Å². The van der Waals surface area contributed by atoms with Gasteiger partial charge in [0, 0.05) is 6.07 Å². The first-order valence-electron chi connectivity index (χ1n) is 5.61. The van der Waals surface area contributed by atoms with Gasteiger partial charge in [-0.25, -0.2) is 9.78 Å². The summed E-state index contributed by atoms with van der Waals surface area (Å²) in [5.41, 5.74) is -2.40. The topological polar surface area (TPSA) is 68.7 Å². The fourth-order valence-corrected chi connectivity index (χ4v) is 1.27. The average Bonchev–Trinajstić information content (AvgIpc) is 2.49. The van der Waals surface area contributed by atoms with E-state index in [-0.39, 0.29) is 11.6 Å². The van der Waals surface area contributed by atoms with Gasteiger partial charge in [-0.05, 0) is 6.07 Å². The standard InChI is InChI=1S/C12H14F3NO4/c1-19-9-3-2-8(10(16-9)11(17)18)20-7-12(4-13,5-14)6-15/h2-3H,4-7H2,1H3,(H,17,18). The molecule has 1 heterocycles. The number of methoxy groups -OCH3 is 1. The summed E-state index contributed by atoms with van der Waals surface area (Å²) < 4.78 is 47.8. The van der Waals surface area contributed by atoms with Crippen LogP contribution in [0.2, 0.25) is 0 Å². The maximum atomic E-state index is 12.7. The molecule has 0 fully saturated rings. The van der Waals surface area contributed by atoms with Crippen LogP contribution in [-0.4, -0.2) is 49.8 Å². The van der Waals surface area contributed by atoms with E-state index in [0.717, 1.165) is 0 Å². The van der Waals surface area contributed by atoms with E-state index in [1.807, 2.05) is 0 Å². The van der Waals surface area contributed by atoms with Crippen molar-refractivity contribution in [2.75, 3.05) is 33.7 Å². The summed E-state index contributed by atoms with van der Waals surface area (Å²) in [6, 6.07) is 2.55. The van der Waals surface area contributed by atoms with E-state index < -0.39 is 43.7 Å². The number of alkyl halides is 3. The van der Waals surface area contributed by atoms with Crippen LogP contribution >= 0.6 is 0 Å². The second-order valence-electron chi connectivity index (χ2n) is 4.20. The van der Waals surface area contributed by atoms with Gasteiger partial charge in [-0.2, -0.15) is 0 Å². The zero-order valence-corrected chi connectivity index (χ0v) is 10.7. The second-order valence-corrected chi connectivity index (χ2v) is 4.20. The Morgan fingerprint density at radius 1 is 1.30 bits per heavy atom. The zero-order valence-electron chi connectivity index (χ0n) is 10.7. The highest BCUT2D eigenvalue weighted by Gasteiger charge is 2.33. The largest absolute Gasteiger partial charge is 0.490 e. The average molecular weight is 293 g/mol. The molecule has 0 amide bonds. The third-order valence-corrected chi connectivity index (χ3v) is 2.63. The molecule has 5 nitrogen and oxygen atoms in total. The summed E-state index contributed by atoms with van der Waals surface area (Å²) in [4.78, 5) is 14.6. The molecule has 0 aliphatic rings. The lowest BCUT2D eigenvalue weighted by Gasteiger charge is -2.24. The van der Waals surface area contributed by atoms with E-state index in [0.29, 0.717) is 0 Å². The molecule has 0 saturated heterocycles. The molecule has 0 atom stereocenters. The van der Waals surface area contributed by atoms with Gasteiger partial charge in [0.25, 0.3) is 0 Å². The number of pyridine rings is 1. The first-order valence-corrected chi connectivity index (χ1v) is 5.61. The molecule has 0 aromatic carbocycles. The monoisotopic (exact) mass is 293 g/mol. The van der Waals surface area contributed by atoms with Crippen molar-refractivity contribution in [3.8, 4) is 11.6 Å². The Morgan fingerprint density at radius 2 is 1.90 bits per heavy atom. The molecule has 20 heavy (non-hydrogen) atoms. The molecule has 0 aliphatic carbocycles. The highest BCUT2D eigenvalue weighted by atomic mass is 19.1. The van der Waals surface area contributed by atoms with E-state index >= 15 is 0 Å². The lowest BCUT2D eigenvalue weighted by molar-refractivity contribution is 0.0519. The van der Waals surface area contributed by atoms with E-state index in [4.69, 9.17) is 14.6 Å². The normalized spacial score (nSPS) is 11.2. The van der Waals surface area contributed by atoms with Crippen LogP contribution in [0, 0.1) is 5.41 Å². The Morgan fingerprint density at radius 3 is 2.35 bits per heavy atom. The van der Waals surface area contributed by atoms with E-state index in [9.17, 15) is 18.0 Å². The zero-order chi connectivity index (χ0) is 15.2. The van der Waals surface area contributed by atoms with Crippen LogP contribution in [-0.2, 0) is 0 Å². The number of aromatic carboxylic acids is 1. The molecule has 112 valence electrons. The Bertz CT molecular complexity index is 458. The van der Waals surface area contributed by atoms with Gasteiger partial charge in [0.15, 0.2) is 11.4 Å².